The molecule has 0 spiro atoms. The van der Waals surface area contributed by atoms with Gasteiger partial charge in [0.25, 0.3) is 0 Å². The van der Waals surface area contributed by atoms with Gasteiger partial charge in [0.1, 0.15) is 30.0 Å². The maximum atomic E-state index is 12.9. The first-order valence-corrected chi connectivity index (χ1v) is 13.0. The van der Waals surface area contributed by atoms with Crippen molar-refractivity contribution >= 4 is 52.9 Å². The molecule has 3 rings (SSSR count). The van der Waals surface area contributed by atoms with Crippen LogP contribution in [0.25, 0.3) is 0 Å². The number of carbonyl (C=O) groups excluding carboxylic acids is 2. The number of carbonyl (C=O) groups is 3. The minimum atomic E-state index is -1.23. The molecule has 2 N–H and O–H groups in total. The monoisotopic (exact) mass is 555 g/mol. The number of nitrogens with zero attached hydrogens (tertiary/aromatic N) is 2. The molecule has 2 unspecified atom stereocenters. The number of nitrogens with one attached hydrogen (secondary N) is 1. The van der Waals surface area contributed by atoms with Gasteiger partial charge in [0.2, 0.25) is 5.91 Å². The summed E-state index contributed by atoms with van der Waals surface area (Å²) >= 11 is 13.7. The van der Waals surface area contributed by atoms with Crippen molar-refractivity contribution in [1.29, 1.82) is 0 Å². The Morgan fingerprint density at radius 3 is 2.50 bits per heavy atom. The average Bonchev–Trinajstić information content (AvgIpc) is 3.28. The fourth-order valence-electron chi connectivity index (χ4n) is 3.28. The molecule has 12 heteroatoms. The zero-order valence-electron chi connectivity index (χ0n) is 20.0. The van der Waals surface area contributed by atoms with Crippen molar-refractivity contribution in [3.63, 3.8) is 0 Å². The third-order valence-corrected chi connectivity index (χ3v) is 6.80. The van der Waals surface area contributed by atoms with Crippen LogP contribution in [0.15, 0.2) is 36.5 Å². The molecule has 1 aliphatic rings. The van der Waals surface area contributed by atoms with Gasteiger partial charge in [-0.05, 0) is 45.0 Å². The molecule has 1 fully saturated rings. The molecule has 1 aliphatic heterocycles. The van der Waals surface area contributed by atoms with Crippen LogP contribution < -0.4 is 10.1 Å². The second-order valence-electron chi connectivity index (χ2n) is 9.04. The van der Waals surface area contributed by atoms with Gasteiger partial charge in [0, 0.05) is 33.5 Å². The highest BCUT2D eigenvalue weighted by atomic mass is 35.5. The van der Waals surface area contributed by atoms with Crippen molar-refractivity contribution in [2.45, 2.75) is 51.5 Å². The van der Waals surface area contributed by atoms with Crippen LogP contribution in [0.5, 0.6) is 5.75 Å². The molecule has 2 aromatic rings. The van der Waals surface area contributed by atoms with Crippen LogP contribution in [0, 0.1) is 0 Å². The van der Waals surface area contributed by atoms with E-state index in [0.29, 0.717) is 32.8 Å². The van der Waals surface area contributed by atoms with Crippen molar-refractivity contribution < 1.29 is 29.0 Å². The van der Waals surface area contributed by atoms with E-state index < -0.39 is 35.7 Å². The first-order chi connectivity index (χ1) is 16.9. The van der Waals surface area contributed by atoms with Crippen molar-refractivity contribution in [2.24, 2.45) is 0 Å². The fraction of sp³-hybridized carbons (Fsp3) is 0.417. The van der Waals surface area contributed by atoms with E-state index >= 15 is 0 Å². The largest absolute Gasteiger partial charge is 0.487 e. The van der Waals surface area contributed by atoms with E-state index in [2.05, 4.69) is 10.3 Å². The Kier molecular flexibility index (Phi) is 9.32. The lowest BCUT2D eigenvalue weighted by Gasteiger charge is -2.28. The first-order valence-electron chi connectivity index (χ1n) is 11.1. The molecule has 1 aromatic carbocycles. The number of carboxylic acid groups (broad SMARTS) is 1. The van der Waals surface area contributed by atoms with Crippen LogP contribution in [-0.4, -0.2) is 62.3 Å². The summed E-state index contributed by atoms with van der Waals surface area (Å²) in [4.78, 5) is 42.7. The molecule has 2 atom stereocenters. The van der Waals surface area contributed by atoms with E-state index in [-0.39, 0.29) is 18.9 Å². The molecule has 0 aliphatic carbocycles. The second kappa shape index (κ2) is 12.0. The molecular weight excluding hydrogens is 529 g/mol. The summed E-state index contributed by atoms with van der Waals surface area (Å²) in [6.07, 6.45) is 0.790. The van der Waals surface area contributed by atoms with Gasteiger partial charge in [-0.25, -0.2) is 9.59 Å². The molecule has 194 valence electrons. The number of rotatable bonds is 8. The maximum absolute atomic E-state index is 12.9. The number of ether oxygens (including phenoxy) is 2. The number of halogens is 2. The van der Waals surface area contributed by atoms with Gasteiger partial charge in [0.15, 0.2) is 0 Å². The van der Waals surface area contributed by atoms with Crippen molar-refractivity contribution in [2.75, 3.05) is 11.6 Å². The molecule has 2 amide bonds. The molecular formula is C24H27Cl2N3O6S. The first kappa shape index (κ1) is 27.9. The third-order valence-electron chi connectivity index (χ3n) is 5.08. The van der Waals surface area contributed by atoms with E-state index in [1.165, 1.54) is 22.9 Å². The second-order valence-corrected chi connectivity index (χ2v) is 10.9. The van der Waals surface area contributed by atoms with E-state index in [4.69, 9.17) is 32.7 Å². The molecule has 0 radical (unpaired) electrons. The minimum Gasteiger partial charge on any atom is -0.487 e. The lowest BCUT2D eigenvalue weighted by atomic mass is 10.1. The van der Waals surface area contributed by atoms with E-state index in [0.717, 1.165) is 0 Å². The number of amides is 2. The van der Waals surface area contributed by atoms with Crippen LogP contribution >= 0.6 is 35.0 Å². The number of hydrogen-bond donors (Lipinski definition) is 2. The highest BCUT2D eigenvalue weighted by molar-refractivity contribution is 7.99. The predicted octanol–water partition coefficient (Wildman–Crippen LogP) is 4.39. The molecule has 2 heterocycles. The summed E-state index contributed by atoms with van der Waals surface area (Å²) in [5.74, 6) is -0.700. The molecule has 0 bridgehead atoms. The lowest BCUT2D eigenvalue weighted by molar-refractivity contribution is -0.142. The summed E-state index contributed by atoms with van der Waals surface area (Å²) < 4.78 is 11.1. The highest BCUT2D eigenvalue weighted by Gasteiger charge is 2.38. The summed E-state index contributed by atoms with van der Waals surface area (Å²) in [6.45, 7) is 5.34. The van der Waals surface area contributed by atoms with Crippen LogP contribution in [0.4, 0.5) is 4.79 Å². The Morgan fingerprint density at radius 2 is 1.92 bits per heavy atom. The van der Waals surface area contributed by atoms with E-state index in [9.17, 15) is 19.5 Å². The van der Waals surface area contributed by atoms with Crippen molar-refractivity contribution in [3.8, 4) is 5.75 Å². The topological polar surface area (TPSA) is 118 Å². The molecule has 0 saturated carbocycles. The average molecular weight is 556 g/mol. The van der Waals surface area contributed by atoms with Gasteiger partial charge in [-0.2, -0.15) is 0 Å². The summed E-state index contributed by atoms with van der Waals surface area (Å²) in [7, 11) is 0. The van der Waals surface area contributed by atoms with E-state index in [1.54, 1.807) is 51.1 Å². The Morgan fingerprint density at radius 1 is 1.22 bits per heavy atom. The van der Waals surface area contributed by atoms with Crippen molar-refractivity contribution in [1.82, 2.24) is 15.2 Å². The Hall–Kier alpha value is -2.69. The van der Waals surface area contributed by atoms with Gasteiger partial charge in [-0.3, -0.25) is 14.7 Å². The van der Waals surface area contributed by atoms with Gasteiger partial charge in [-0.1, -0.05) is 29.3 Å². The van der Waals surface area contributed by atoms with Crippen LogP contribution in [0.2, 0.25) is 10.0 Å². The molecule has 1 saturated heterocycles. The highest BCUT2D eigenvalue weighted by Crippen LogP contribution is 2.26. The van der Waals surface area contributed by atoms with Crippen LogP contribution in [0.3, 0.4) is 0 Å². The van der Waals surface area contributed by atoms with Gasteiger partial charge in [-0.15, -0.1) is 11.8 Å². The number of aliphatic carboxylic acids is 1. The Bertz CT molecular complexity index is 1090. The van der Waals surface area contributed by atoms with Gasteiger partial charge >= 0.3 is 12.1 Å². The fourth-order valence-corrected chi connectivity index (χ4v) is 4.93. The molecule has 1 aromatic heterocycles. The smallest absolute Gasteiger partial charge is 0.411 e. The van der Waals surface area contributed by atoms with Gasteiger partial charge in [0.05, 0.1) is 12.1 Å². The summed E-state index contributed by atoms with van der Waals surface area (Å²) in [6, 6.07) is 6.37. The minimum absolute atomic E-state index is 0.0516. The van der Waals surface area contributed by atoms with Gasteiger partial charge < -0.3 is 19.9 Å². The summed E-state index contributed by atoms with van der Waals surface area (Å²) in [5.41, 5.74) is 0.371. The third kappa shape index (κ3) is 7.65. The maximum Gasteiger partial charge on any atom is 0.411 e. The Labute approximate surface area is 223 Å². The SMILES string of the molecule is CC(C)(C)OC(=O)N1CSCC1C(=O)NC(Cc1ccc(OCc2c(Cl)cccc2Cl)cn1)C(=O)O. The zero-order valence-corrected chi connectivity index (χ0v) is 22.3. The number of hydrogen-bond acceptors (Lipinski definition) is 7. The Balaban J connectivity index is 1.60. The quantitative estimate of drug-likeness (QED) is 0.492. The molecule has 36 heavy (non-hydrogen) atoms. The lowest BCUT2D eigenvalue weighted by Crippen LogP contribution is -2.53. The van der Waals surface area contributed by atoms with Crippen LogP contribution in [-0.2, 0) is 27.4 Å². The predicted molar refractivity (Wildman–Crippen MR) is 137 cm³/mol. The number of pyridine rings is 1. The normalized spacial score (nSPS) is 16.4. The van der Waals surface area contributed by atoms with E-state index in [1.807, 2.05) is 0 Å². The number of thioether (sulfide) groups is 1. The zero-order chi connectivity index (χ0) is 26.5. The van der Waals surface area contributed by atoms with Crippen molar-refractivity contribution in [3.05, 3.63) is 57.8 Å². The number of aromatic nitrogens is 1. The number of benzene rings is 1. The summed E-state index contributed by atoms with van der Waals surface area (Å²) in [5, 5.41) is 13.2. The number of carboxylic acids is 1. The standard InChI is InChI=1S/C24H27Cl2N3O6S/c1-24(2,3)35-23(33)29-13-36-12-20(29)21(30)28-19(22(31)32)9-14-7-8-15(10-27-14)34-11-16-17(25)5-4-6-18(16)26/h4-8,10,19-20H,9,11-13H2,1-3H3,(H,28,30)(H,31,32). The van der Waals surface area contributed by atoms with Crippen LogP contribution in [0.1, 0.15) is 32.0 Å². The molecule has 9 nitrogen and oxygen atoms in total.